The summed E-state index contributed by atoms with van der Waals surface area (Å²) in [7, 11) is 0. The highest BCUT2D eigenvalue weighted by Gasteiger charge is 2.38. The molecular formula is C16H17F3N2O6. The normalized spacial score (nSPS) is 10.5. The lowest BCUT2D eigenvalue weighted by Gasteiger charge is -2.06. The van der Waals surface area contributed by atoms with E-state index < -0.39 is 18.1 Å². The van der Waals surface area contributed by atoms with Gasteiger partial charge in [-0.3, -0.25) is 0 Å². The van der Waals surface area contributed by atoms with E-state index in [2.05, 4.69) is 10.5 Å². The van der Waals surface area contributed by atoms with Gasteiger partial charge in [-0.25, -0.2) is 9.59 Å². The molecule has 0 amide bonds. The molecule has 0 fully saturated rings. The molecule has 148 valence electrons. The molecule has 0 aliphatic heterocycles. The number of phenols is 1. The summed E-state index contributed by atoms with van der Waals surface area (Å²) in [5.41, 5.74) is 0.174. The molecule has 2 aromatic rings. The minimum Gasteiger partial charge on any atom is -0.507 e. The van der Waals surface area contributed by atoms with E-state index in [1.807, 2.05) is 6.92 Å². The van der Waals surface area contributed by atoms with Crippen LogP contribution in [0.1, 0.15) is 22.5 Å². The highest BCUT2D eigenvalue weighted by Crippen LogP contribution is 2.16. The van der Waals surface area contributed by atoms with Gasteiger partial charge in [-0.2, -0.15) is 13.2 Å². The van der Waals surface area contributed by atoms with Gasteiger partial charge in [-0.15, -0.1) is 0 Å². The number of aromatic hydroxyl groups is 1. The van der Waals surface area contributed by atoms with Crippen LogP contribution in [0.4, 0.5) is 19.0 Å². The van der Waals surface area contributed by atoms with Gasteiger partial charge in [0.2, 0.25) is 0 Å². The van der Waals surface area contributed by atoms with Gasteiger partial charge in [0.05, 0.1) is 6.61 Å². The third-order valence-electron chi connectivity index (χ3n) is 2.85. The van der Waals surface area contributed by atoms with Crippen LogP contribution in [-0.2, 0) is 9.53 Å². The third kappa shape index (κ3) is 8.12. The Morgan fingerprint density at radius 2 is 1.93 bits per heavy atom. The molecule has 1 aromatic carbocycles. The van der Waals surface area contributed by atoms with Gasteiger partial charge < -0.3 is 24.8 Å². The van der Waals surface area contributed by atoms with Crippen molar-refractivity contribution in [1.29, 1.82) is 0 Å². The first-order valence-corrected chi connectivity index (χ1v) is 7.53. The fourth-order valence-corrected chi connectivity index (χ4v) is 1.63. The summed E-state index contributed by atoms with van der Waals surface area (Å²) in [4.78, 5) is 20.6. The first-order chi connectivity index (χ1) is 12.6. The van der Waals surface area contributed by atoms with Crippen molar-refractivity contribution in [3.05, 3.63) is 41.7 Å². The molecule has 0 aliphatic carbocycles. The fourth-order valence-electron chi connectivity index (χ4n) is 1.63. The average Bonchev–Trinajstić information content (AvgIpc) is 3.00. The van der Waals surface area contributed by atoms with E-state index in [0.29, 0.717) is 18.8 Å². The number of hydrogen-bond acceptors (Lipinski definition) is 7. The molecule has 0 aliphatic rings. The zero-order valence-corrected chi connectivity index (χ0v) is 14.1. The summed E-state index contributed by atoms with van der Waals surface area (Å²) in [6, 6.07) is 8.08. The van der Waals surface area contributed by atoms with E-state index in [9.17, 15) is 23.1 Å². The second kappa shape index (κ2) is 10.0. The molecule has 1 aromatic heterocycles. The Kier molecular flexibility index (Phi) is 8.11. The highest BCUT2D eigenvalue weighted by atomic mass is 19.4. The average molecular weight is 390 g/mol. The minimum absolute atomic E-state index is 0.0753. The Bertz CT molecular complexity index is 761. The van der Waals surface area contributed by atoms with Crippen molar-refractivity contribution in [2.45, 2.75) is 19.5 Å². The molecule has 0 bridgehead atoms. The van der Waals surface area contributed by atoms with Crippen LogP contribution in [0.3, 0.4) is 0 Å². The standard InChI is InChI=1S/C14H16N2O4.C2HF3O2/c1-10-9-13(16-20-10)15-7-4-8-19-14(18)11-5-2-3-6-12(11)17;3-2(4,5)1(6)7/h2-3,5-6,9,17H,4,7-8H2,1H3,(H,15,16);(H,6,7). The SMILES string of the molecule is Cc1cc(NCCCOC(=O)c2ccccc2O)no1.O=C(O)C(F)(F)F. The number of aryl methyl sites for hydroxylation is 1. The smallest absolute Gasteiger partial charge is 0.490 e. The quantitative estimate of drug-likeness (QED) is 0.508. The molecule has 0 spiro atoms. The lowest BCUT2D eigenvalue weighted by Crippen LogP contribution is -2.21. The number of rotatable bonds is 6. The van der Waals surface area contributed by atoms with E-state index in [4.69, 9.17) is 19.2 Å². The zero-order chi connectivity index (χ0) is 20.4. The number of alkyl halides is 3. The summed E-state index contributed by atoms with van der Waals surface area (Å²) < 4.78 is 41.7. The van der Waals surface area contributed by atoms with Crippen LogP contribution >= 0.6 is 0 Å². The lowest BCUT2D eigenvalue weighted by molar-refractivity contribution is -0.192. The molecule has 0 unspecified atom stereocenters. The number of halogens is 3. The number of aliphatic carboxylic acids is 1. The van der Waals surface area contributed by atoms with Crippen LogP contribution < -0.4 is 5.32 Å². The first-order valence-electron chi connectivity index (χ1n) is 7.53. The number of anilines is 1. The van der Waals surface area contributed by atoms with Crippen molar-refractivity contribution < 1.29 is 42.2 Å². The summed E-state index contributed by atoms with van der Waals surface area (Å²) in [5, 5.41) is 23.5. The maximum Gasteiger partial charge on any atom is 0.490 e. The number of hydrogen-bond donors (Lipinski definition) is 3. The Labute approximate surface area is 151 Å². The number of nitrogens with zero attached hydrogens (tertiary/aromatic N) is 1. The summed E-state index contributed by atoms with van der Waals surface area (Å²) >= 11 is 0. The molecule has 3 N–H and O–H groups in total. The molecule has 11 heteroatoms. The number of carboxylic acids is 1. The van der Waals surface area contributed by atoms with Crippen molar-refractivity contribution in [3.8, 4) is 5.75 Å². The van der Waals surface area contributed by atoms with Gasteiger partial charge in [0, 0.05) is 12.6 Å². The summed E-state index contributed by atoms with van der Waals surface area (Å²) in [5.74, 6) is -1.96. The number of benzene rings is 1. The fraction of sp³-hybridized carbons (Fsp3) is 0.312. The van der Waals surface area contributed by atoms with E-state index in [0.717, 1.165) is 5.76 Å². The van der Waals surface area contributed by atoms with Crippen LogP contribution in [0.15, 0.2) is 34.9 Å². The number of carboxylic acid groups (broad SMARTS) is 1. The summed E-state index contributed by atoms with van der Waals surface area (Å²) in [6.07, 6.45) is -4.45. The maximum absolute atomic E-state index is 11.7. The molecule has 1 heterocycles. The van der Waals surface area contributed by atoms with E-state index >= 15 is 0 Å². The van der Waals surface area contributed by atoms with Gasteiger partial charge in [-0.05, 0) is 25.5 Å². The van der Waals surface area contributed by atoms with Crippen molar-refractivity contribution in [3.63, 3.8) is 0 Å². The second-order valence-corrected chi connectivity index (χ2v) is 5.06. The number of aromatic nitrogens is 1. The predicted octanol–water partition coefficient (Wildman–Crippen LogP) is 2.98. The summed E-state index contributed by atoms with van der Waals surface area (Å²) in [6.45, 7) is 2.68. The van der Waals surface area contributed by atoms with Crippen molar-refractivity contribution >= 4 is 17.8 Å². The van der Waals surface area contributed by atoms with Crippen molar-refractivity contribution in [2.75, 3.05) is 18.5 Å². The van der Waals surface area contributed by atoms with Crippen LogP contribution in [0.25, 0.3) is 0 Å². The number of carbonyl (C=O) groups is 2. The van der Waals surface area contributed by atoms with E-state index in [-0.39, 0.29) is 17.9 Å². The molecule has 2 rings (SSSR count). The van der Waals surface area contributed by atoms with E-state index in [1.165, 1.54) is 12.1 Å². The van der Waals surface area contributed by atoms with Crippen LogP contribution in [0.2, 0.25) is 0 Å². The number of carbonyl (C=O) groups excluding carboxylic acids is 1. The molecule has 27 heavy (non-hydrogen) atoms. The van der Waals surface area contributed by atoms with Crippen LogP contribution in [0, 0.1) is 6.92 Å². The number of para-hydroxylation sites is 1. The topological polar surface area (TPSA) is 122 Å². The van der Waals surface area contributed by atoms with E-state index in [1.54, 1.807) is 18.2 Å². The van der Waals surface area contributed by atoms with Crippen LogP contribution in [0.5, 0.6) is 5.75 Å². The van der Waals surface area contributed by atoms with Gasteiger partial charge >= 0.3 is 18.1 Å². The van der Waals surface area contributed by atoms with Gasteiger partial charge in [0.15, 0.2) is 5.82 Å². The van der Waals surface area contributed by atoms with Gasteiger partial charge in [0.25, 0.3) is 0 Å². The van der Waals surface area contributed by atoms with Crippen molar-refractivity contribution in [1.82, 2.24) is 5.16 Å². The van der Waals surface area contributed by atoms with Crippen molar-refractivity contribution in [2.24, 2.45) is 0 Å². The monoisotopic (exact) mass is 390 g/mol. The molecule has 8 nitrogen and oxygen atoms in total. The third-order valence-corrected chi connectivity index (χ3v) is 2.85. The Hall–Kier alpha value is -3.24. The van der Waals surface area contributed by atoms with Gasteiger partial charge in [-0.1, -0.05) is 17.3 Å². The Morgan fingerprint density at radius 1 is 1.30 bits per heavy atom. The Balaban J connectivity index is 0.000000445. The predicted molar refractivity (Wildman–Crippen MR) is 86.4 cm³/mol. The molecule has 0 saturated carbocycles. The molecular weight excluding hydrogens is 373 g/mol. The Morgan fingerprint density at radius 3 is 2.44 bits per heavy atom. The number of esters is 1. The van der Waals surface area contributed by atoms with Gasteiger partial charge in [0.1, 0.15) is 17.1 Å². The second-order valence-electron chi connectivity index (χ2n) is 5.06. The van der Waals surface area contributed by atoms with Crippen LogP contribution in [-0.4, -0.2) is 46.6 Å². The minimum atomic E-state index is -5.08. The number of phenolic OH excluding ortho intramolecular Hbond substituents is 1. The largest absolute Gasteiger partial charge is 0.507 e. The number of ether oxygens (including phenoxy) is 1. The zero-order valence-electron chi connectivity index (χ0n) is 14.1. The highest BCUT2D eigenvalue weighted by molar-refractivity contribution is 5.92. The molecule has 0 atom stereocenters. The number of nitrogens with one attached hydrogen (secondary N) is 1. The first kappa shape index (κ1) is 21.8. The molecule has 0 radical (unpaired) electrons. The maximum atomic E-state index is 11.7. The lowest BCUT2D eigenvalue weighted by atomic mass is 10.2. The molecule has 0 saturated heterocycles.